The van der Waals surface area contributed by atoms with Crippen LogP contribution in [0.15, 0.2) is 30.3 Å². The van der Waals surface area contributed by atoms with Gasteiger partial charge >= 0.3 is 0 Å². The predicted molar refractivity (Wildman–Crippen MR) is 157 cm³/mol. The van der Waals surface area contributed by atoms with Gasteiger partial charge in [0.15, 0.2) is 0 Å². The fourth-order valence-corrected chi connectivity index (χ4v) is 10.1. The highest BCUT2D eigenvalue weighted by Gasteiger charge is 2.77. The first-order chi connectivity index (χ1) is 18.1. The summed E-state index contributed by atoms with van der Waals surface area (Å²) >= 11 is 1.66. The van der Waals surface area contributed by atoms with Crippen LogP contribution in [0.25, 0.3) is 0 Å². The van der Waals surface area contributed by atoms with Crippen LogP contribution in [0.3, 0.4) is 0 Å². The number of anilines is 1. The molecule has 3 N–H and O–H groups in total. The molecule has 1 aromatic rings. The van der Waals surface area contributed by atoms with Crippen molar-refractivity contribution < 1.29 is 19.5 Å². The van der Waals surface area contributed by atoms with E-state index in [0.29, 0.717) is 12.1 Å². The topological polar surface area (TPSA) is 98.7 Å². The van der Waals surface area contributed by atoms with Gasteiger partial charge in [-0.1, -0.05) is 59.2 Å². The van der Waals surface area contributed by atoms with Crippen molar-refractivity contribution in [1.29, 1.82) is 0 Å². The van der Waals surface area contributed by atoms with Crippen LogP contribution in [-0.4, -0.2) is 61.5 Å². The van der Waals surface area contributed by atoms with Crippen LogP contribution in [0.2, 0.25) is 0 Å². The highest BCUT2D eigenvalue weighted by molar-refractivity contribution is 8.02. The average Bonchev–Trinajstić information content (AvgIpc) is 3.39. The summed E-state index contributed by atoms with van der Waals surface area (Å²) in [7, 11) is 0. The van der Waals surface area contributed by atoms with E-state index in [9.17, 15) is 19.5 Å². The van der Waals surface area contributed by atoms with Gasteiger partial charge in [0.25, 0.3) is 0 Å². The van der Waals surface area contributed by atoms with E-state index in [-0.39, 0.29) is 35.7 Å². The first-order valence-electron chi connectivity index (χ1n) is 14.4. The fourth-order valence-electron chi connectivity index (χ4n) is 7.75. The van der Waals surface area contributed by atoms with Gasteiger partial charge in [-0.25, -0.2) is 0 Å². The maximum atomic E-state index is 14.5. The van der Waals surface area contributed by atoms with Gasteiger partial charge in [0.05, 0.1) is 29.2 Å². The minimum absolute atomic E-state index is 0.00134. The molecule has 2 unspecified atom stereocenters. The van der Waals surface area contributed by atoms with Crippen molar-refractivity contribution in [2.75, 3.05) is 11.9 Å². The molecule has 2 bridgehead atoms. The number of nitrogens with zero attached hydrogens (tertiary/aromatic N) is 1. The van der Waals surface area contributed by atoms with Crippen LogP contribution in [0.4, 0.5) is 5.69 Å². The standard InChI is InChI=1S/C31H47N3O4S/c1-9-19(2)21(17-35)34-24(26(37)33-29(6,7)18-28(3,4)5)31-16-15-30(8,39-31)22(23(31)27(34)38)25(36)32-20-13-11-10-12-14-20/h10-14,19,21-24,35H,9,15-18H2,1-8H3,(H,32,36)(H,33,37)/t19-,21-,22-,23-,24?,30+,31?/m0/s1. The Balaban J connectivity index is 1.76. The van der Waals surface area contributed by atoms with E-state index in [1.54, 1.807) is 16.7 Å². The fraction of sp³-hybridized carbons (Fsp3) is 0.710. The van der Waals surface area contributed by atoms with Gasteiger partial charge in [0.2, 0.25) is 17.7 Å². The lowest BCUT2D eigenvalue weighted by molar-refractivity contribution is -0.144. The molecular weight excluding hydrogens is 510 g/mol. The molecule has 3 heterocycles. The van der Waals surface area contributed by atoms with Crippen LogP contribution in [-0.2, 0) is 14.4 Å². The molecule has 3 fully saturated rings. The number of hydrogen-bond donors (Lipinski definition) is 3. The Labute approximate surface area is 238 Å². The number of aliphatic hydroxyl groups is 1. The SMILES string of the molecule is CC[C@H](C)[C@H](CO)N1C(=O)[C@@H]2[C@@H](C(=O)Nc3ccccc3)[C@@]3(C)CCC2(S3)C1C(=O)NC(C)(C)CC(C)(C)C. The van der Waals surface area contributed by atoms with Crippen molar-refractivity contribution in [3.05, 3.63) is 30.3 Å². The van der Waals surface area contributed by atoms with Gasteiger partial charge in [-0.15, -0.1) is 11.8 Å². The second-order valence-corrected chi connectivity index (χ2v) is 16.0. The summed E-state index contributed by atoms with van der Waals surface area (Å²) in [5, 5.41) is 16.9. The second-order valence-electron chi connectivity index (χ2n) is 14.1. The maximum Gasteiger partial charge on any atom is 0.244 e. The Kier molecular flexibility index (Phi) is 7.98. The Morgan fingerprint density at radius 1 is 1.13 bits per heavy atom. The van der Waals surface area contributed by atoms with E-state index in [1.807, 2.05) is 58.0 Å². The average molecular weight is 558 g/mol. The van der Waals surface area contributed by atoms with Gasteiger partial charge in [-0.2, -0.15) is 0 Å². The van der Waals surface area contributed by atoms with Gasteiger partial charge in [0.1, 0.15) is 6.04 Å². The summed E-state index contributed by atoms with van der Waals surface area (Å²) in [6.45, 7) is 16.4. The van der Waals surface area contributed by atoms with Crippen molar-refractivity contribution in [3.63, 3.8) is 0 Å². The molecule has 7 atom stereocenters. The molecule has 0 aromatic heterocycles. The van der Waals surface area contributed by atoms with Gasteiger partial charge in [0, 0.05) is 16.0 Å². The third kappa shape index (κ3) is 5.35. The molecule has 39 heavy (non-hydrogen) atoms. The third-order valence-electron chi connectivity index (χ3n) is 9.07. The molecule has 0 saturated carbocycles. The minimum Gasteiger partial charge on any atom is -0.394 e. The zero-order valence-electron chi connectivity index (χ0n) is 24.8. The number of nitrogens with one attached hydrogen (secondary N) is 2. The summed E-state index contributed by atoms with van der Waals surface area (Å²) in [5.74, 6) is -1.71. The van der Waals surface area contributed by atoms with Crippen molar-refractivity contribution in [3.8, 4) is 0 Å². The molecule has 7 nitrogen and oxygen atoms in total. The molecule has 3 aliphatic heterocycles. The molecule has 3 aliphatic rings. The summed E-state index contributed by atoms with van der Waals surface area (Å²) in [4.78, 5) is 44.3. The molecule has 3 amide bonds. The number of fused-ring (bicyclic) bond motifs is 1. The third-order valence-corrected chi connectivity index (χ3v) is 11.1. The van der Waals surface area contributed by atoms with E-state index in [2.05, 4.69) is 38.3 Å². The highest BCUT2D eigenvalue weighted by atomic mass is 32.2. The smallest absolute Gasteiger partial charge is 0.244 e. The summed E-state index contributed by atoms with van der Waals surface area (Å²) in [5.41, 5.74) is 0.210. The predicted octanol–water partition coefficient (Wildman–Crippen LogP) is 4.84. The number of benzene rings is 1. The van der Waals surface area contributed by atoms with E-state index in [0.717, 1.165) is 19.3 Å². The largest absolute Gasteiger partial charge is 0.394 e. The number of carbonyl (C=O) groups excluding carboxylic acids is 3. The highest BCUT2D eigenvalue weighted by Crippen LogP contribution is 2.71. The first-order valence-corrected chi connectivity index (χ1v) is 15.2. The number of thioether (sulfide) groups is 1. The number of para-hydroxylation sites is 1. The lowest BCUT2D eigenvalue weighted by atomic mass is 9.66. The Bertz CT molecular complexity index is 1100. The van der Waals surface area contributed by atoms with E-state index >= 15 is 0 Å². The lowest BCUT2D eigenvalue weighted by Crippen LogP contribution is -2.61. The van der Waals surface area contributed by atoms with Crippen LogP contribution < -0.4 is 10.6 Å². The Morgan fingerprint density at radius 3 is 2.33 bits per heavy atom. The van der Waals surface area contributed by atoms with Crippen molar-refractivity contribution >= 4 is 35.2 Å². The molecule has 0 radical (unpaired) electrons. The van der Waals surface area contributed by atoms with Gasteiger partial charge in [-0.05, 0) is 63.5 Å². The normalized spacial score (nSPS) is 31.7. The van der Waals surface area contributed by atoms with Crippen LogP contribution in [0.5, 0.6) is 0 Å². The number of hydrogen-bond acceptors (Lipinski definition) is 5. The summed E-state index contributed by atoms with van der Waals surface area (Å²) < 4.78 is -1.16. The number of carbonyl (C=O) groups is 3. The van der Waals surface area contributed by atoms with E-state index < -0.39 is 39.0 Å². The summed E-state index contributed by atoms with van der Waals surface area (Å²) in [6, 6.07) is 8.08. The lowest BCUT2D eigenvalue weighted by Gasteiger charge is -2.41. The monoisotopic (exact) mass is 557 g/mol. The van der Waals surface area contributed by atoms with Crippen LogP contribution >= 0.6 is 11.8 Å². The summed E-state index contributed by atoms with van der Waals surface area (Å²) in [6.07, 6.45) is 2.97. The molecule has 1 aromatic carbocycles. The van der Waals surface area contributed by atoms with Crippen LogP contribution in [0, 0.1) is 23.2 Å². The Hall–Kier alpha value is -2.06. The minimum atomic E-state index is -0.748. The molecule has 3 saturated heterocycles. The zero-order chi connectivity index (χ0) is 29.0. The molecule has 8 heteroatoms. The quantitative estimate of drug-likeness (QED) is 0.403. The Morgan fingerprint density at radius 2 is 1.77 bits per heavy atom. The number of rotatable bonds is 9. The second kappa shape index (κ2) is 10.4. The van der Waals surface area contributed by atoms with E-state index in [1.165, 1.54) is 0 Å². The van der Waals surface area contributed by atoms with Crippen molar-refractivity contribution in [2.24, 2.45) is 23.2 Å². The first kappa shape index (κ1) is 29.9. The number of amides is 3. The molecule has 216 valence electrons. The van der Waals surface area contributed by atoms with E-state index in [4.69, 9.17) is 0 Å². The molecule has 1 spiro atoms. The number of aliphatic hydroxyl groups excluding tert-OH is 1. The van der Waals surface area contributed by atoms with Crippen LogP contribution in [0.1, 0.15) is 81.1 Å². The van der Waals surface area contributed by atoms with Crippen molar-refractivity contribution in [2.45, 2.75) is 108 Å². The molecular formula is C31H47N3O4S. The maximum absolute atomic E-state index is 14.5. The molecule has 4 rings (SSSR count). The van der Waals surface area contributed by atoms with Gasteiger partial charge < -0.3 is 20.6 Å². The molecule has 0 aliphatic carbocycles. The number of likely N-dealkylation sites (tertiary alicyclic amines) is 1. The van der Waals surface area contributed by atoms with Crippen molar-refractivity contribution in [1.82, 2.24) is 10.2 Å². The van der Waals surface area contributed by atoms with Gasteiger partial charge in [-0.3, -0.25) is 14.4 Å². The zero-order valence-corrected chi connectivity index (χ0v) is 25.7.